The summed E-state index contributed by atoms with van der Waals surface area (Å²) >= 11 is 1.44. The second-order valence-corrected chi connectivity index (χ2v) is 6.62. The van der Waals surface area contributed by atoms with Gasteiger partial charge in [-0.05, 0) is 24.3 Å². The number of carbonyl (C=O) groups is 2. The molecule has 1 N–H and O–H groups in total. The Morgan fingerprint density at radius 1 is 0.960 bits per heavy atom. The molecule has 6 nitrogen and oxygen atoms in total. The van der Waals surface area contributed by atoms with Crippen molar-refractivity contribution in [1.82, 2.24) is 14.8 Å². The first-order valence-corrected chi connectivity index (χ1v) is 9.13. The molecule has 0 saturated carbocycles. The van der Waals surface area contributed by atoms with Crippen LogP contribution in [0.5, 0.6) is 0 Å². The van der Waals surface area contributed by atoms with Crippen molar-refractivity contribution in [3.63, 3.8) is 0 Å². The number of nitrogens with zero attached hydrogens (tertiary/aromatic N) is 3. The van der Waals surface area contributed by atoms with Gasteiger partial charge in [-0.1, -0.05) is 36.0 Å². The Bertz CT molecular complexity index is 704. The summed E-state index contributed by atoms with van der Waals surface area (Å²) in [7, 11) is 0. The van der Waals surface area contributed by atoms with E-state index < -0.39 is 0 Å². The molecule has 7 heteroatoms. The van der Waals surface area contributed by atoms with Crippen LogP contribution in [0.4, 0.5) is 10.5 Å². The molecule has 3 rings (SSSR count). The van der Waals surface area contributed by atoms with Crippen LogP contribution in [0.2, 0.25) is 0 Å². The van der Waals surface area contributed by atoms with Gasteiger partial charge in [-0.15, -0.1) is 0 Å². The fourth-order valence-corrected chi connectivity index (χ4v) is 3.31. The summed E-state index contributed by atoms with van der Waals surface area (Å²) in [4.78, 5) is 32.3. The van der Waals surface area contributed by atoms with E-state index in [9.17, 15) is 9.59 Å². The maximum atomic E-state index is 12.3. The molecule has 1 aliphatic heterocycles. The Balaban J connectivity index is 1.43. The maximum absolute atomic E-state index is 12.3. The SMILES string of the molecule is O=C(CSc1ccccn1)N1CCN(C(=O)Nc2ccccc2)CC1. The van der Waals surface area contributed by atoms with E-state index in [-0.39, 0.29) is 11.9 Å². The Morgan fingerprint density at radius 2 is 1.64 bits per heavy atom. The summed E-state index contributed by atoms with van der Waals surface area (Å²) < 4.78 is 0. The Hall–Kier alpha value is -2.54. The number of pyridine rings is 1. The molecule has 130 valence electrons. The van der Waals surface area contributed by atoms with E-state index in [4.69, 9.17) is 0 Å². The van der Waals surface area contributed by atoms with Gasteiger partial charge in [-0.2, -0.15) is 0 Å². The number of benzene rings is 1. The van der Waals surface area contributed by atoms with Gasteiger partial charge in [0.1, 0.15) is 0 Å². The fraction of sp³-hybridized carbons (Fsp3) is 0.278. The van der Waals surface area contributed by atoms with Crippen molar-refractivity contribution in [3.8, 4) is 0 Å². The lowest BCUT2D eigenvalue weighted by Gasteiger charge is -2.34. The number of hydrogen-bond donors (Lipinski definition) is 1. The molecule has 2 heterocycles. The average Bonchev–Trinajstić information content (AvgIpc) is 2.68. The van der Waals surface area contributed by atoms with Gasteiger partial charge in [0.25, 0.3) is 0 Å². The van der Waals surface area contributed by atoms with Gasteiger partial charge in [0.05, 0.1) is 10.8 Å². The van der Waals surface area contributed by atoms with Crippen molar-refractivity contribution in [2.45, 2.75) is 5.03 Å². The molecule has 2 aromatic rings. The molecule has 0 bridgehead atoms. The van der Waals surface area contributed by atoms with E-state index >= 15 is 0 Å². The first-order valence-electron chi connectivity index (χ1n) is 8.15. The molecule has 0 atom stereocenters. The molecule has 3 amide bonds. The third-order valence-electron chi connectivity index (χ3n) is 3.93. The highest BCUT2D eigenvalue weighted by atomic mass is 32.2. The predicted molar refractivity (Wildman–Crippen MR) is 98.6 cm³/mol. The van der Waals surface area contributed by atoms with E-state index in [1.807, 2.05) is 53.4 Å². The molecule has 0 spiro atoms. The second-order valence-electron chi connectivity index (χ2n) is 5.62. The van der Waals surface area contributed by atoms with Gasteiger partial charge in [0.2, 0.25) is 5.91 Å². The minimum Gasteiger partial charge on any atom is -0.338 e. The number of amides is 3. The molecule has 0 aliphatic carbocycles. The van der Waals surface area contributed by atoms with E-state index in [0.717, 1.165) is 10.7 Å². The lowest BCUT2D eigenvalue weighted by molar-refractivity contribution is -0.129. The smallest absolute Gasteiger partial charge is 0.321 e. The zero-order valence-corrected chi connectivity index (χ0v) is 14.6. The number of anilines is 1. The molecule has 1 aromatic carbocycles. The van der Waals surface area contributed by atoms with Crippen LogP contribution in [0.1, 0.15) is 0 Å². The molecular formula is C18H20N4O2S. The van der Waals surface area contributed by atoms with Gasteiger partial charge < -0.3 is 15.1 Å². The average molecular weight is 356 g/mol. The molecule has 0 unspecified atom stereocenters. The first-order chi connectivity index (χ1) is 12.2. The zero-order valence-electron chi connectivity index (χ0n) is 13.8. The summed E-state index contributed by atoms with van der Waals surface area (Å²) in [6, 6.07) is 14.9. The van der Waals surface area contributed by atoms with Crippen molar-refractivity contribution >= 4 is 29.4 Å². The number of urea groups is 1. The van der Waals surface area contributed by atoms with Gasteiger partial charge in [0, 0.05) is 38.1 Å². The number of piperazine rings is 1. The third kappa shape index (κ3) is 4.96. The summed E-state index contributed by atoms with van der Waals surface area (Å²) in [6.45, 7) is 2.20. The number of carbonyl (C=O) groups excluding carboxylic acids is 2. The van der Waals surface area contributed by atoms with Crippen LogP contribution >= 0.6 is 11.8 Å². The number of nitrogens with one attached hydrogen (secondary N) is 1. The number of thioether (sulfide) groups is 1. The van der Waals surface area contributed by atoms with Crippen LogP contribution in [0.15, 0.2) is 59.8 Å². The van der Waals surface area contributed by atoms with Crippen molar-refractivity contribution < 1.29 is 9.59 Å². The van der Waals surface area contributed by atoms with Crippen molar-refractivity contribution in [3.05, 3.63) is 54.7 Å². The van der Waals surface area contributed by atoms with Gasteiger partial charge in [-0.25, -0.2) is 9.78 Å². The number of para-hydroxylation sites is 1. The van der Waals surface area contributed by atoms with E-state index in [1.165, 1.54) is 11.8 Å². The van der Waals surface area contributed by atoms with Crippen LogP contribution in [0.3, 0.4) is 0 Å². The van der Waals surface area contributed by atoms with Crippen LogP contribution in [-0.4, -0.2) is 58.7 Å². The highest BCUT2D eigenvalue weighted by Gasteiger charge is 2.24. The lowest BCUT2D eigenvalue weighted by Crippen LogP contribution is -2.52. The normalized spacial score (nSPS) is 14.2. The summed E-state index contributed by atoms with van der Waals surface area (Å²) in [6.07, 6.45) is 1.72. The van der Waals surface area contributed by atoms with Crippen molar-refractivity contribution in [1.29, 1.82) is 0 Å². The van der Waals surface area contributed by atoms with Crippen molar-refractivity contribution in [2.24, 2.45) is 0 Å². The summed E-state index contributed by atoms with van der Waals surface area (Å²) in [5.41, 5.74) is 0.776. The monoisotopic (exact) mass is 356 g/mol. The van der Waals surface area contributed by atoms with Crippen molar-refractivity contribution in [2.75, 3.05) is 37.2 Å². The minimum atomic E-state index is -0.124. The lowest BCUT2D eigenvalue weighted by atomic mass is 10.3. The molecule has 1 saturated heterocycles. The Kier molecular flexibility index (Phi) is 5.90. The molecule has 1 fully saturated rings. The molecular weight excluding hydrogens is 336 g/mol. The predicted octanol–water partition coefficient (Wildman–Crippen LogP) is 2.55. The number of aromatic nitrogens is 1. The van der Waals surface area contributed by atoms with Crippen LogP contribution < -0.4 is 5.32 Å². The van der Waals surface area contributed by atoms with Gasteiger partial charge >= 0.3 is 6.03 Å². The van der Waals surface area contributed by atoms with Gasteiger partial charge in [-0.3, -0.25) is 4.79 Å². The van der Waals surface area contributed by atoms with E-state index in [2.05, 4.69) is 10.3 Å². The van der Waals surface area contributed by atoms with Gasteiger partial charge in [0.15, 0.2) is 0 Å². The van der Waals surface area contributed by atoms with Crippen LogP contribution in [0.25, 0.3) is 0 Å². The summed E-state index contributed by atoms with van der Waals surface area (Å²) in [5, 5.41) is 3.72. The van der Waals surface area contributed by atoms with E-state index in [1.54, 1.807) is 11.1 Å². The first kappa shape index (κ1) is 17.3. The Morgan fingerprint density at radius 3 is 2.32 bits per heavy atom. The molecule has 1 aromatic heterocycles. The second kappa shape index (κ2) is 8.53. The van der Waals surface area contributed by atoms with Crippen LogP contribution in [-0.2, 0) is 4.79 Å². The number of hydrogen-bond acceptors (Lipinski definition) is 4. The fourth-order valence-electron chi connectivity index (χ4n) is 2.54. The molecule has 0 radical (unpaired) electrons. The number of rotatable bonds is 4. The summed E-state index contributed by atoms with van der Waals surface area (Å²) in [5.74, 6) is 0.450. The molecule has 25 heavy (non-hydrogen) atoms. The highest BCUT2D eigenvalue weighted by Crippen LogP contribution is 2.15. The van der Waals surface area contributed by atoms with E-state index in [0.29, 0.717) is 31.9 Å². The maximum Gasteiger partial charge on any atom is 0.321 e. The minimum absolute atomic E-state index is 0.0822. The molecule has 1 aliphatic rings. The van der Waals surface area contributed by atoms with Crippen LogP contribution in [0, 0.1) is 0 Å². The topological polar surface area (TPSA) is 65.5 Å². The highest BCUT2D eigenvalue weighted by molar-refractivity contribution is 7.99. The standard InChI is InChI=1S/C18H20N4O2S/c23-17(14-25-16-8-4-5-9-19-16)21-10-12-22(13-11-21)18(24)20-15-6-2-1-3-7-15/h1-9H,10-14H2,(H,20,24). The quantitative estimate of drug-likeness (QED) is 0.855. The Labute approximate surface area is 151 Å². The third-order valence-corrected chi connectivity index (χ3v) is 4.85. The largest absolute Gasteiger partial charge is 0.338 e. The zero-order chi connectivity index (χ0) is 17.5.